The van der Waals surface area contributed by atoms with Crippen molar-refractivity contribution in [3.63, 3.8) is 0 Å². The molecule has 0 aliphatic heterocycles. The fourth-order valence-electron chi connectivity index (χ4n) is 1.41. The van der Waals surface area contributed by atoms with Crippen molar-refractivity contribution in [3.8, 4) is 0 Å². The van der Waals surface area contributed by atoms with Crippen LogP contribution in [-0.2, 0) is 9.53 Å². The van der Waals surface area contributed by atoms with Gasteiger partial charge in [-0.3, -0.25) is 4.79 Å². The van der Waals surface area contributed by atoms with E-state index in [1.807, 2.05) is 0 Å². The van der Waals surface area contributed by atoms with E-state index in [1.54, 1.807) is 0 Å². The third-order valence-corrected chi connectivity index (χ3v) is 1.99. The van der Waals surface area contributed by atoms with Crippen molar-refractivity contribution in [2.45, 2.75) is 38.2 Å². The number of esters is 1. The second kappa shape index (κ2) is 4.34. The van der Waals surface area contributed by atoms with Crippen LogP contribution in [0.25, 0.3) is 0 Å². The minimum atomic E-state index is -0.378. The summed E-state index contributed by atoms with van der Waals surface area (Å²) in [5.41, 5.74) is 6.75. The van der Waals surface area contributed by atoms with E-state index in [9.17, 15) is 4.79 Å². The van der Waals surface area contributed by atoms with Gasteiger partial charge in [-0.1, -0.05) is 6.42 Å². The summed E-state index contributed by atoms with van der Waals surface area (Å²) >= 11 is 0. The Labute approximate surface area is 66.9 Å². The number of hydrogen-bond donors (Lipinski definition) is 0. The highest BCUT2D eigenvalue weighted by atomic mass is 16.5. The zero-order valence-electron chi connectivity index (χ0n) is 6.64. The van der Waals surface area contributed by atoms with Gasteiger partial charge < -0.3 is 4.74 Å². The van der Waals surface area contributed by atoms with E-state index in [2.05, 4.69) is 0 Å². The Kier molecular flexibility index (Phi) is 3.36. The molecule has 0 amide bonds. The summed E-state index contributed by atoms with van der Waals surface area (Å²) in [4.78, 5) is 10.7. The summed E-state index contributed by atoms with van der Waals surface area (Å²) in [6.07, 6.45) is 5.68. The molecule has 0 aromatic rings. The molecule has 1 saturated carbocycles. The lowest BCUT2D eigenvalue weighted by Gasteiger charge is -2.21. The number of nitrogens with one attached hydrogen (secondary N) is 1. The summed E-state index contributed by atoms with van der Waals surface area (Å²) < 4.78 is 5.01. The number of carbonyl (C=O) groups excluding carboxylic acids is 1. The lowest BCUT2D eigenvalue weighted by Crippen LogP contribution is -2.22. The molecule has 1 radical (unpaired) electrons. The molecule has 0 spiro atoms. The molecule has 63 valence electrons. The molecular weight excluding hydrogens is 142 g/mol. The van der Waals surface area contributed by atoms with Crippen LogP contribution in [0.15, 0.2) is 0 Å². The molecule has 0 bridgehead atoms. The van der Waals surface area contributed by atoms with Gasteiger partial charge in [0, 0.05) is 0 Å². The lowest BCUT2D eigenvalue weighted by atomic mass is 9.98. The molecule has 0 unspecified atom stereocenters. The number of rotatable bonds is 2. The Morgan fingerprint density at radius 1 is 1.36 bits per heavy atom. The molecule has 1 fully saturated rings. The van der Waals surface area contributed by atoms with Gasteiger partial charge in [0.25, 0.3) is 0 Å². The first kappa shape index (κ1) is 8.53. The van der Waals surface area contributed by atoms with Gasteiger partial charge in [0.15, 0.2) is 0 Å². The van der Waals surface area contributed by atoms with Crippen LogP contribution in [0.3, 0.4) is 0 Å². The maximum atomic E-state index is 10.7. The van der Waals surface area contributed by atoms with Crippen molar-refractivity contribution >= 4 is 5.97 Å². The number of hydrogen-bond acceptors (Lipinski definition) is 2. The van der Waals surface area contributed by atoms with Gasteiger partial charge in [-0.15, -0.1) is 0 Å². The lowest BCUT2D eigenvalue weighted by molar-refractivity contribution is -0.148. The van der Waals surface area contributed by atoms with Crippen molar-refractivity contribution < 1.29 is 9.53 Å². The largest absolute Gasteiger partial charge is 0.461 e. The van der Waals surface area contributed by atoms with Gasteiger partial charge >= 0.3 is 5.97 Å². The van der Waals surface area contributed by atoms with Gasteiger partial charge in [-0.2, -0.15) is 0 Å². The molecule has 1 aliphatic carbocycles. The first-order valence-corrected chi connectivity index (χ1v) is 4.17. The standard InChI is InChI=1S/C8H14NO2/c9-6-8(10)11-7-4-2-1-3-5-7/h7,9H,1-6H2. The zero-order valence-corrected chi connectivity index (χ0v) is 6.64. The Bertz CT molecular complexity index is 130. The highest BCUT2D eigenvalue weighted by Crippen LogP contribution is 2.19. The van der Waals surface area contributed by atoms with E-state index in [-0.39, 0.29) is 18.6 Å². The SMILES string of the molecule is [NH]CC(=O)OC1CCCCC1. The third-order valence-electron chi connectivity index (χ3n) is 1.99. The molecular formula is C8H14NO2. The maximum Gasteiger partial charge on any atom is 0.321 e. The fourth-order valence-corrected chi connectivity index (χ4v) is 1.41. The van der Waals surface area contributed by atoms with E-state index in [1.165, 1.54) is 6.42 Å². The van der Waals surface area contributed by atoms with Crippen molar-refractivity contribution in [1.29, 1.82) is 0 Å². The summed E-state index contributed by atoms with van der Waals surface area (Å²) in [6, 6.07) is 0. The van der Waals surface area contributed by atoms with Crippen LogP contribution in [0.1, 0.15) is 32.1 Å². The molecule has 0 atom stereocenters. The highest BCUT2D eigenvalue weighted by molar-refractivity contribution is 5.71. The van der Waals surface area contributed by atoms with Gasteiger partial charge in [-0.05, 0) is 25.7 Å². The maximum absolute atomic E-state index is 10.7. The average Bonchev–Trinajstić information content (AvgIpc) is 2.06. The van der Waals surface area contributed by atoms with Crippen LogP contribution in [-0.4, -0.2) is 18.6 Å². The van der Waals surface area contributed by atoms with Crippen molar-refractivity contribution in [2.24, 2.45) is 0 Å². The van der Waals surface area contributed by atoms with Gasteiger partial charge in [0.05, 0.1) is 0 Å². The minimum Gasteiger partial charge on any atom is -0.461 e. The molecule has 0 saturated heterocycles. The molecule has 0 aromatic carbocycles. The summed E-state index contributed by atoms with van der Waals surface area (Å²) in [6.45, 7) is -0.240. The number of ether oxygens (including phenoxy) is 1. The van der Waals surface area contributed by atoms with E-state index >= 15 is 0 Å². The number of carbonyl (C=O) groups is 1. The Morgan fingerprint density at radius 3 is 2.55 bits per heavy atom. The monoisotopic (exact) mass is 156 g/mol. The van der Waals surface area contributed by atoms with Crippen molar-refractivity contribution in [3.05, 3.63) is 0 Å². The fraction of sp³-hybridized carbons (Fsp3) is 0.875. The molecule has 1 rings (SSSR count). The first-order valence-electron chi connectivity index (χ1n) is 4.17. The van der Waals surface area contributed by atoms with Gasteiger partial charge in [-0.25, -0.2) is 5.73 Å². The third kappa shape index (κ3) is 2.89. The van der Waals surface area contributed by atoms with Crippen LogP contribution in [0.5, 0.6) is 0 Å². The second-order valence-electron chi connectivity index (χ2n) is 2.93. The van der Waals surface area contributed by atoms with Crippen LogP contribution in [0.2, 0.25) is 0 Å². The quantitative estimate of drug-likeness (QED) is 0.563. The Morgan fingerprint density at radius 2 is 2.00 bits per heavy atom. The molecule has 0 heterocycles. The van der Waals surface area contributed by atoms with Crippen LogP contribution >= 0.6 is 0 Å². The summed E-state index contributed by atoms with van der Waals surface area (Å²) in [7, 11) is 0. The van der Waals surface area contributed by atoms with Crippen LogP contribution in [0.4, 0.5) is 0 Å². The second-order valence-corrected chi connectivity index (χ2v) is 2.93. The molecule has 1 N–H and O–H groups in total. The van der Waals surface area contributed by atoms with Gasteiger partial charge in [0.1, 0.15) is 12.6 Å². The van der Waals surface area contributed by atoms with Crippen LogP contribution < -0.4 is 5.73 Å². The van der Waals surface area contributed by atoms with Crippen molar-refractivity contribution in [1.82, 2.24) is 5.73 Å². The summed E-state index contributed by atoms with van der Waals surface area (Å²) in [5, 5.41) is 0. The first-order chi connectivity index (χ1) is 5.33. The Balaban J connectivity index is 2.19. The predicted octanol–water partition coefficient (Wildman–Crippen LogP) is 1.15. The molecule has 0 aromatic heterocycles. The van der Waals surface area contributed by atoms with Gasteiger partial charge in [0.2, 0.25) is 0 Å². The molecule has 1 aliphatic rings. The van der Waals surface area contributed by atoms with Crippen molar-refractivity contribution in [2.75, 3.05) is 6.54 Å². The van der Waals surface area contributed by atoms with E-state index in [0.717, 1.165) is 25.7 Å². The topological polar surface area (TPSA) is 50.1 Å². The average molecular weight is 156 g/mol. The smallest absolute Gasteiger partial charge is 0.321 e. The molecule has 3 heteroatoms. The molecule has 11 heavy (non-hydrogen) atoms. The highest BCUT2D eigenvalue weighted by Gasteiger charge is 2.16. The molecule has 3 nitrogen and oxygen atoms in total. The van der Waals surface area contributed by atoms with E-state index in [4.69, 9.17) is 10.5 Å². The van der Waals surface area contributed by atoms with Crippen LogP contribution in [0, 0.1) is 0 Å². The van der Waals surface area contributed by atoms with E-state index < -0.39 is 0 Å². The van der Waals surface area contributed by atoms with E-state index in [0.29, 0.717) is 0 Å². The Hall–Kier alpha value is -0.570. The predicted molar refractivity (Wildman–Crippen MR) is 40.9 cm³/mol. The normalized spacial score (nSPS) is 19.7. The summed E-state index contributed by atoms with van der Waals surface area (Å²) in [5.74, 6) is -0.378. The zero-order chi connectivity index (χ0) is 8.10. The minimum absolute atomic E-state index is 0.113.